The number of hydrogen-bond donors (Lipinski definition) is 2. The fourth-order valence-corrected chi connectivity index (χ4v) is 1.89. The van der Waals surface area contributed by atoms with Crippen molar-refractivity contribution < 1.29 is 28.2 Å². The number of hydrogen-bond acceptors (Lipinski definition) is 2. The second kappa shape index (κ2) is 4.90. The molecule has 1 heterocycles. The van der Waals surface area contributed by atoms with E-state index >= 15 is 0 Å². The predicted molar refractivity (Wildman–Crippen MR) is 49.3 cm³/mol. The molecule has 4 nitrogen and oxygen atoms in total. The van der Waals surface area contributed by atoms with Crippen molar-refractivity contribution in [2.45, 2.75) is 50.6 Å². The molecule has 5 unspecified atom stereocenters. The quantitative estimate of drug-likeness (QED) is 0.736. The maximum Gasteiger partial charge on any atom is 0.410 e. The average molecular weight is 241 g/mol. The Kier molecular flexibility index (Phi) is 4.01. The van der Waals surface area contributed by atoms with E-state index in [1.54, 1.807) is 6.92 Å². The summed E-state index contributed by atoms with van der Waals surface area (Å²) in [5.41, 5.74) is 0. The van der Waals surface area contributed by atoms with Crippen LogP contribution in [-0.2, 0) is 0 Å². The minimum absolute atomic E-state index is 0.0235. The number of alkyl halides is 3. The maximum absolute atomic E-state index is 13.5. The number of likely N-dealkylation sites (tertiary alicyclic amines) is 1. The molecule has 16 heavy (non-hydrogen) atoms. The first kappa shape index (κ1) is 13.1. The first-order valence-corrected chi connectivity index (χ1v) is 5.03. The Morgan fingerprint density at radius 3 is 2.50 bits per heavy atom. The van der Waals surface area contributed by atoms with Crippen LogP contribution in [0.1, 0.15) is 19.8 Å². The van der Waals surface area contributed by atoms with Crippen LogP contribution in [0.2, 0.25) is 0 Å². The lowest BCUT2D eigenvalue weighted by Crippen LogP contribution is -2.46. The summed E-state index contributed by atoms with van der Waals surface area (Å²) in [4.78, 5) is 10.7. The van der Waals surface area contributed by atoms with Gasteiger partial charge < -0.3 is 10.2 Å². The van der Waals surface area contributed by atoms with Gasteiger partial charge in [-0.3, -0.25) is 4.90 Å². The first-order chi connectivity index (χ1) is 7.41. The van der Waals surface area contributed by atoms with Crippen molar-refractivity contribution in [3.05, 3.63) is 0 Å². The summed E-state index contributed by atoms with van der Waals surface area (Å²) in [5.74, 6) is 0. The summed E-state index contributed by atoms with van der Waals surface area (Å²) in [7, 11) is 0. The van der Waals surface area contributed by atoms with E-state index in [1.807, 2.05) is 0 Å². The molecule has 0 aromatic rings. The summed E-state index contributed by atoms with van der Waals surface area (Å²) in [6, 6.07) is -1.76. The fourth-order valence-electron chi connectivity index (χ4n) is 1.89. The lowest BCUT2D eigenvalue weighted by atomic mass is 10.0. The molecule has 0 radical (unpaired) electrons. The van der Waals surface area contributed by atoms with Gasteiger partial charge >= 0.3 is 6.09 Å². The van der Waals surface area contributed by atoms with Crippen molar-refractivity contribution in [3.8, 4) is 0 Å². The van der Waals surface area contributed by atoms with Gasteiger partial charge in [-0.1, -0.05) is 13.3 Å². The predicted octanol–water partition coefficient (Wildman–Crippen LogP) is 1.48. The highest BCUT2D eigenvalue weighted by Gasteiger charge is 2.54. The molecule has 1 aliphatic rings. The standard InChI is InChI=1S/C9H14F3NO3/c1-2-3-4(10)6-5(11)7(14)8(12)13(6)9(15)16/h4-8,14H,2-3H2,1H3,(H,15,16). The summed E-state index contributed by atoms with van der Waals surface area (Å²) in [5, 5.41) is 17.7. The molecule has 0 spiro atoms. The van der Waals surface area contributed by atoms with Gasteiger partial charge in [0, 0.05) is 0 Å². The van der Waals surface area contributed by atoms with E-state index in [4.69, 9.17) is 10.2 Å². The number of aliphatic hydroxyl groups is 1. The molecule has 0 aromatic heterocycles. The van der Waals surface area contributed by atoms with Crippen molar-refractivity contribution in [1.29, 1.82) is 0 Å². The van der Waals surface area contributed by atoms with Crippen LogP contribution in [0.3, 0.4) is 0 Å². The minimum atomic E-state index is -2.41. The zero-order valence-electron chi connectivity index (χ0n) is 8.68. The van der Waals surface area contributed by atoms with Crippen molar-refractivity contribution in [3.63, 3.8) is 0 Å². The molecule has 5 atom stereocenters. The van der Waals surface area contributed by atoms with Crippen molar-refractivity contribution >= 4 is 6.09 Å². The highest BCUT2D eigenvalue weighted by molar-refractivity contribution is 5.66. The molecule has 0 bridgehead atoms. The Balaban J connectivity index is 2.90. The summed E-state index contributed by atoms with van der Waals surface area (Å²) in [6.45, 7) is 1.64. The molecule has 0 saturated carbocycles. The van der Waals surface area contributed by atoms with E-state index in [2.05, 4.69) is 0 Å². The van der Waals surface area contributed by atoms with E-state index < -0.39 is 36.9 Å². The number of carboxylic acid groups (broad SMARTS) is 1. The van der Waals surface area contributed by atoms with Gasteiger partial charge in [0.05, 0.1) is 0 Å². The topological polar surface area (TPSA) is 60.8 Å². The van der Waals surface area contributed by atoms with Crippen LogP contribution in [0, 0.1) is 0 Å². The summed E-state index contributed by atoms with van der Waals surface area (Å²) < 4.78 is 40.1. The van der Waals surface area contributed by atoms with Crippen LogP contribution in [0.15, 0.2) is 0 Å². The van der Waals surface area contributed by atoms with Gasteiger partial charge in [-0.15, -0.1) is 0 Å². The van der Waals surface area contributed by atoms with Crippen LogP contribution in [0.4, 0.5) is 18.0 Å². The van der Waals surface area contributed by atoms with Gasteiger partial charge in [0.25, 0.3) is 0 Å². The number of aliphatic hydroxyl groups excluding tert-OH is 1. The molecule has 1 saturated heterocycles. The van der Waals surface area contributed by atoms with Gasteiger partial charge in [0.15, 0.2) is 6.17 Å². The molecular formula is C9H14F3NO3. The first-order valence-electron chi connectivity index (χ1n) is 5.03. The normalized spacial score (nSPS) is 36.4. The zero-order chi connectivity index (χ0) is 12.5. The van der Waals surface area contributed by atoms with Crippen molar-refractivity contribution in [1.82, 2.24) is 4.90 Å². The Hall–Kier alpha value is -0.980. The molecule has 0 aromatic carbocycles. The Morgan fingerprint density at radius 1 is 1.50 bits per heavy atom. The third kappa shape index (κ3) is 2.09. The zero-order valence-corrected chi connectivity index (χ0v) is 8.68. The molecule has 2 N–H and O–H groups in total. The number of halogens is 3. The van der Waals surface area contributed by atoms with Crippen LogP contribution in [0.25, 0.3) is 0 Å². The second-order valence-electron chi connectivity index (χ2n) is 3.79. The van der Waals surface area contributed by atoms with E-state index in [-0.39, 0.29) is 11.3 Å². The third-order valence-corrected chi connectivity index (χ3v) is 2.68. The highest BCUT2D eigenvalue weighted by Crippen LogP contribution is 2.33. The third-order valence-electron chi connectivity index (χ3n) is 2.68. The molecule has 7 heteroatoms. The summed E-state index contributed by atoms with van der Waals surface area (Å²) in [6.07, 6.45) is -10.0. The SMILES string of the molecule is CCCC(F)C1C(F)C(O)C(F)N1C(=O)O. The number of amides is 1. The monoisotopic (exact) mass is 241 g/mol. The van der Waals surface area contributed by atoms with Crippen molar-refractivity contribution in [2.24, 2.45) is 0 Å². The van der Waals surface area contributed by atoms with Crippen LogP contribution in [-0.4, -0.2) is 52.0 Å². The lowest BCUT2D eigenvalue weighted by Gasteiger charge is -2.26. The van der Waals surface area contributed by atoms with Gasteiger partial charge in [0.1, 0.15) is 18.3 Å². The van der Waals surface area contributed by atoms with Gasteiger partial charge in [-0.25, -0.2) is 18.0 Å². The Morgan fingerprint density at radius 2 is 2.06 bits per heavy atom. The molecule has 1 aliphatic heterocycles. The lowest BCUT2D eigenvalue weighted by molar-refractivity contribution is 0.0121. The number of rotatable bonds is 3. The molecule has 1 fully saturated rings. The molecule has 1 rings (SSSR count). The van der Waals surface area contributed by atoms with Gasteiger partial charge in [-0.2, -0.15) is 0 Å². The molecule has 94 valence electrons. The van der Waals surface area contributed by atoms with Crippen LogP contribution >= 0.6 is 0 Å². The molecule has 1 amide bonds. The van der Waals surface area contributed by atoms with Crippen molar-refractivity contribution in [2.75, 3.05) is 0 Å². The fraction of sp³-hybridized carbons (Fsp3) is 0.889. The van der Waals surface area contributed by atoms with Gasteiger partial charge in [-0.05, 0) is 6.42 Å². The Bertz CT molecular complexity index is 266. The van der Waals surface area contributed by atoms with Crippen LogP contribution < -0.4 is 0 Å². The van der Waals surface area contributed by atoms with E-state index in [0.29, 0.717) is 6.42 Å². The number of carbonyl (C=O) groups is 1. The van der Waals surface area contributed by atoms with E-state index in [9.17, 15) is 18.0 Å². The minimum Gasteiger partial charge on any atom is -0.465 e. The number of nitrogens with zero attached hydrogens (tertiary/aromatic N) is 1. The Labute approximate surface area is 90.7 Å². The van der Waals surface area contributed by atoms with E-state index in [0.717, 1.165) is 0 Å². The smallest absolute Gasteiger partial charge is 0.410 e. The average Bonchev–Trinajstić information content (AvgIpc) is 2.43. The molecule has 0 aliphatic carbocycles. The molecular weight excluding hydrogens is 227 g/mol. The van der Waals surface area contributed by atoms with E-state index in [1.165, 1.54) is 0 Å². The maximum atomic E-state index is 13.5. The van der Waals surface area contributed by atoms with Crippen LogP contribution in [0.5, 0.6) is 0 Å². The summed E-state index contributed by atoms with van der Waals surface area (Å²) >= 11 is 0. The highest BCUT2D eigenvalue weighted by atomic mass is 19.2. The largest absolute Gasteiger partial charge is 0.465 e. The second-order valence-corrected chi connectivity index (χ2v) is 3.79. The van der Waals surface area contributed by atoms with Gasteiger partial charge in [0.2, 0.25) is 6.30 Å².